The average molecular weight is 371 g/mol. The summed E-state index contributed by atoms with van der Waals surface area (Å²) in [7, 11) is -3.76. The maximum atomic E-state index is 12.7. The van der Waals surface area contributed by atoms with Crippen LogP contribution in [0.1, 0.15) is 11.1 Å². The molecule has 0 atom stereocenters. The molecule has 0 fully saturated rings. The van der Waals surface area contributed by atoms with Gasteiger partial charge in [0.25, 0.3) is 10.0 Å². The summed E-state index contributed by atoms with van der Waals surface area (Å²) in [5, 5.41) is 4.04. The molecule has 0 bridgehead atoms. The van der Waals surface area contributed by atoms with E-state index in [4.69, 9.17) is 11.6 Å². The molecule has 2 N–H and O–H groups in total. The van der Waals surface area contributed by atoms with E-state index in [0.717, 1.165) is 25.3 Å². The van der Waals surface area contributed by atoms with Crippen molar-refractivity contribution < 1.29 is 8.42 Å². The fourth-order valence-electron chi connectivity index (χ4n) is 2.93. The fourth-order valence-corrected chi connectivity index (χ4v) is 5.74. The van der Waals surface area contributed by atoms with Crippen LogP contribution in [0, 0.1) is 0 Å². The molecule has 0 radical (unpaired) electrons. The van der Waals surface area contributed by atoms with Crippen molar-refractivity contribution in [3.8, 4) is 0 Å². The molecule has 6 nitrogen and oxygen atoms in total. The molecule has 0 spiro atoms. The van der Waals surface area contributed by atoms with E-state index in [-0.39, 0.29) is 10.2 Å². The van der Waals surface area contributed by atoms with Crippen LogP contribution >= 0.6 is 23.4 Å². The highest BCUT2D eigenvalue weighted by atomic mass is 35.5. The molecule has 0 aliphatic carbocycles. The first-order chi connectivity index (χ1) is 11.0. The molecule has 122 valence electrons. The van der Waals surface area contributed by atoms with Crippen LogP contribution in [0.3, 0.4) is 0 Å². The maximum absolute atomic E-state index is 12.7. The van der Waals surface area contributed by atoms with E-state index in [0.29, 0.717) is 17.4 Å². The van der Waals surface area contributed by atoms with Gasteiger partial charge < -0.3 is 9.88 Å². The summed E-state index contributed by atoms with van der Waals surface area (Å²) in [5.74, 6) is 0.813. The molecule has 4 rings (SSSR count). The van der Waals surface area contributed by atoms with Gasteiger partial charge >= 0.3 is 0 Å². The summed E-state index contributed by atoms with van der Waals surface area (Å²) >= 11 is 7.57. The maximum Gasteiger partial charge on any atom is 0.280 e. The van der Waals surface area contributed by atoms with Gasteiger partial charge in [0.15, 0.2) is 15.3 Å². The van der Waals surface area contributed by atoms with Gasteiger partial charge in [0, 0.05) is 24.5 Å². The SMILES string of the molecule is O=S(=O)(Nc1ccc2c(c1)CCNC2)c1c(Cl)nc2n1CCS2. The number of hydrogen-bond donors (Lipinski definition) is 2. The number of anilines is 1. The minimum absolute atomic E-state index is 0.0295. The van der Waals surface area contributed by atoms with Crippen molar-refractivity contribution >= 4 is 39.1 Å². The predicted molar refractivity (Wildman–Crippen MR) is 90.6 cm³/mol. The third kappa shape index (κ3) is 2.73. The zero-order valence-electron chi connectivity index (χ0n) is 12.2. The van der Waals surface area contributed by atoms with E-state index in [1.165, 1.54) is 22.9 Å². The van der Waals surface area contributed by atoms with E-state index >= 15 is 0 Å². The quantitative estimate of drug-likeness (QED) is 0.865. The number of aromatic nitrogens is 2. The number of halogens is 1. The monoisotopic (exact) mass is 370 g/mol. The number of imidazole rings is 1. The number of rotatable bonds is 3. The van der Waals surface area contributed by atoms with Gasteiger partial charge in [-0.1, -0.05) is 29.4 Å². The lowest BCUT2D eigenvalue weighted by Gasteiger charge is -2.18. The Morgan fingerprint density at radius 2 is 2.22 bits per heavy atom. The zero-order valence-corrected chi connectivity index (χ0v) is 14.6. The summed E-state index contributed by atoms with van der Waals surface area (Å²) in [6.45, 7) is 2.33. The minimum atomic E-state index is -3.76. The fraction of sp³-hybridized carbons (Fsp3) is 0.357. The molecule has 1 aromatic carbocycles. The normalized spacial score (nSPS) is 16.9. The van der Waals surface area contributed by atoms with Crippen molar-refractivity contribution in [1.29, 1.82) is 0 Å². The molecule has 0 unspecified atom stereocenters. The lowest BCUT2D eigenvalue weighted by atomic mass is 10.0. The van der Waals surface area contributed by atoms with Gasteiger partial charge in [-0.25, -0.2) is 4.98 Å². The van der Waals surface area contributed by atoms with Gasteiger partial charge in [-0.05, 0) is 36.2 Å². The predicted octanol–water partition coefficient (Wildman–Crippen LogP) is 2.09. The molecule has 2 aromatic rings. The molecule has 1 aromatic heterocycles. The molecule has 2 aliphatic heterocycles. The lowest BCUT2D eigenvalue weighted by Crippen LogP contribution is -2.24. The molecular formula is C14H15ClN4O2S2. The van der Waals surface area contributed by atoms with Crippen LogP contribution in [0.15, 0.2) is 28.4 Å². The van der Waals surface area contributed by atoms with Crippen molar-refractivity contribution in [3.63, 3.8) is 0 Å². The first-order valence-electron chi connectivity index (χ1n) is 7.29. The smallest absolute Gasteiger partial charge is 0.280 e. The Morgan fingerprint density at radius 1 is 1.35 bits per heavy atom. The largest absolute Gasteiger partial charge is 0.312 e. The summed E-state index contributed by atoms with van der Waals surface area (Å²) in [6.07, 6.45) is 0.893. The Hall–Kier alpha value is -1.22. The van der Waals surface area contributed by atoms with Gasteiger partial charge in [0.05, 0.1) is 0 Å². The van der Waals surface area contributed by atoms with Crippen LogP contribution < -0.4 is 10.0 Å². The highest BCUT2D eigenvalue weighted by Gasteiger charge is 2.30. The van der Waals surface area contributed by atoms with Crippen LogP contribution in [-0.4, -0.2) is 30.3 Å². The summed E-state index contributed by atoms with van der Waals surface area (Å²) in [5.41, 5.74) is 2.94. The number of fused-ring (bicyclic) bond motifs is 2. The van der Waals surface area contributed by atoms with Crippen molar-refractivity contribution in [2.24, 2.45) is 0 Å². The van der Waals surface area contributed by atoms with Crippen molar-refractivity contribution in [2.45, 2.75) is 29.7 Å². The van der Waals surface area contributed by atoms with Crippen LogP contribution in [0.5, 0.6) is 0 Å². The van der Waals surface area contributed by atoms with Crippen molar-refractivity contribution in [2.75, 3.05) is 17.0 Å². The molecule has 23 heavy (non-hydrogen) atoms. The number of nitrogens with zero attached hydrogens (tertiary/aromatic N) is 2. The second-order valence-electron chi connectivity index (χ2n) is 5.51. The summed E-state index contributed by atoms with van der Waals surface area (Å²) in [6, 6.07) is 5.64. The van der Waals surface area contributed by atoms with Gasteiger partial charge in [-0.15, -0.1) is 0 Å². The highest BCUT2D eigenvalue weighted by Crippen LogP contribution is 2.34. The first-order valence-corrected chi connectivity index (χ1v) is 10.1. The Morgan fingerprint density at radius 3 is 3.09 bits per heavy atom. The first kappa shape index (κ1) is 15.3. The number of thioether (sulfide) groups is 1. The van der Waals surface area contributed by atoms with Crippen LogP contribution in [0.25, 0.3) is 0 Å². The molecular weight excluding hydrogens is 356 g/mol. The number of hydrogen-bond acceptors (Lipinski definition) is 5. The molecule has 9 heteroatoms. The summed E-state index contributed by atoms with van der Waals surface area (Å²) < 4.78 is 29.8. The number of benzene rings is 1. The van der Waals surface area contributed by atoms with Crippen molar-refractivity contribution in [1.82, 2.24) is 14.9 Å². The second kappa shape index (κ2) is 5.70. The van der Waals surface area contributed by atoms with Crippen LogP contribution in [0.4, 0.5) is 5.69 Å². The third-order valence-electron chi connectivity index (χ3n) is 3.99. The van der Waals surface area contributed by atoms with E-state index < -0.39 is 10.0 Å². The van der Waals surface area contributed by atoms with E-state index in [2.05, 4.69) is 15.0 Å². The van der Waals surface area contributed by atoms with Crippen LogP contribution in [0.2, 0.25) is 5.15 Å². The Balaban J connectivity index is 1.68. The standard InChI is InChI=1S/C14H15ClN4O2S2/c15-12-13(19-5-6-22-14(19)17-12)23(20,21)18-11-2-1-10-8-16-4-3-9(10)7-11/h1-2,7,16,18H,3-6,8H2. The molecule has 0 saturated heterocycles. The average Bonchev–Trinajstić information content (AvgIpc) is 3.06. The summed E-state index contributed by atoms with van der Waals surface area (Å²) in [4.78, 5) is 4.13. The number of nitrogens with one attached hydrogen (secondary N) is 2. The van der Waals surface area contributed by atoms with Gasteiger partial charge in [-0.2, -0.15) is 8.42 Å². The Kier molecular flexibility index (Phi) is 3.79. The van der Waals surface area contributed by atoms with E-state index in [9.17, 15) is 8.42 Å². The Labute approximate surface area is 143 Å². The Bertz CT molecular complexity index is 879. The molecule has 0 amide bonds. The second-order valence-corrected chi connectivity index (χ2v) is 8.52. The van der Waals surface area contributed by atoms with Gasteiger partial charge in [0.2, 0.25) is 0 Å². The van der Waals surface area contributed by atoms with Gasteiger partial charge in [-0.3, -0.25) is 4.72 Å². The van der Waals surface area contributed by atoms with Crippen molar-refractivity contribution in [3.05, 3.63) is 34.5 Å². The van der Waals surface area contributed by atoms with Gasteiger partial charge in [0.1, 0.15) is 0 Å². The molecule has 3 heterocycles. The van der Waals surface area contributed by atoms with E-state index in [1.807, 2.05) is 12.1 Å². The minimum Gasteiger partial charge on any atom is -0.312 e. The zero-order chi connectivity index (χ0) is 16.0. The molecule has 0 saturated carbocycles. The number of sulfonamides is 1. The highest BCUT2D eigenvalue weighted by molar-refractivity contribution is 7.99. The van der Waals surface area contributed by atoms with Crippen LogP contribution in [-0.2, 0) is 29.5 Å². The topological polar surface area (TPSA) is 76.0 Å². The van der Waals surface area contributed by atoms with E-state index in [1.54, 1.807) is 10.6 Å². The third-order valence-corrected chi connectivity index (χ3v) is 6.75. The lowest BCUT2D eigenvalue weighted by molar-refractivity contribution is 0.577. The molecule has 2 aliphatic rings.